The van der Waals surface area contributed by atoms with Gasteiger partial charge in [0.05, 0.1) is 11.8 Å². The normalized spacial score (nSPS) is 28.1. The first-order chi connectivity index (χ1) is 17.6. The van der Waals surface area contributed by atoms with Crippen LogP contribution in [0.5, 0.6) is 0 Å². The fourth-order valence-corrected chi connectivity index (χ4v) is 7.72. The molecule has 4 aliphatic rings. The maximum absolute atomic E-state index is 14.2. The molecule has 5 nitrogen and oxygen atoms in total. The number of hydrogen-bond acceptors (Lipinski definition) is 3. The van der Waals surface area contributed by atoms with Gasteiger partial charge in [-0.25, -0.2) is 0 Å². The predicted octanol–water partition coefficient (Wildman–Crippen LogP) is 5.55. The Morgan fingerprint density at radius 1 is 0.811 bits per heavy atom. The fourth-order valence-electron chi connectivity index (χ4n) is 6.62. The minimum absolute atomic E-state index is 0.335. The Morgan fingerprint density at radius 3 is 1.68 bits per heavy atom. The molecule has 3 aliphatic carbocycles. The van der Waals surface area contributed by atoms with Crippen molar-refractivity contribution in [1.82, 2.24) is 4.90 Å². The Hall–Kier alpha value is -3.15. The smallest absolute Gasteiger partial charge is 0.247 e. The molecular weight excluding hydrogens is 507 g/mol. The molecule has 7 heteroatoms. The summed E-state index contributed by atoms with van der Waals surface area (Å²) < 4.78 is 0. The quantitative estimate of drug-likeness (QED) is 0.353. The highest BCUT2D eigenvalue weighted by molar-refractivity contribution is 6.36. The van der Waals surface area contributed by atoms with Gasteiger partial charge < -0.3 is 5.32 Å². The fraction of sp³-hybridized carbons (Fsp3) is 0.300. The number of nitrogens with one attached hydrogen (secondary N) is 1. The number of benzene rings is 3. The maximum atomic E-state index is 14.2. The van der Waals surface area contributed by atoms with Gasteiger partial charge in [0.15, 0.2) is 0 Å². The lowest BCUT2D eigenvalue weighted by Crippen LogP contribution is -2.57. The van der Waals surface area contributed by atoms with Gasteiger partial charge in [-0.05, 0) is 52.8 Å². The first-order valence-electron chi connectivity index (χ1n) is 12.4. The number of likely N-dealkylation sites (tertiary alicyclic amines) is 1. The number of alkyl halides is 2. The van der Waals surface area contributed by atoms with E-state index in [-0.39, 0.29) is 5.92 Å². The molecule has 7 rings (SSSR count). The topological polar surface area (TPSA) is 66.5 Å². The molecule has 1 heterocycles. The lowest BCUT2D eigenvalue weighted by molar-refractivity contribution is -0.148. The number of imide groups is 1. The first kappa shape index (κ1) is 24.2. The largest absolute Gasteiger partial charge is 0.324 e. The van der Waals surface area contributed by atoms with E-state index in [0.29, 0.717) is 5.69 Å². The van der Waals surface area contributed by atoms with E-state index in [1.54, 1.807) is 6.07 Å². The number of amides is 3. The average molecular weight is 533 g/mol. The summed E-state index contributed by atoms with van der Waals surface area (Å²) in [7, 11) is 0. The van der Waals surface area contributed by atoms with E-state index in [1.807, 2.05) is 87.5 Å². The van der Waals surface area contributed by atoms with E-state index in [9.17, 15) is 14.4 Å². The molecule has 0 saturated carbocycles. The Morgan fingerprint density at radius 2 is 1.27 bits per heavy atom. The van der Waals surface area contributed by atoms with Gasteiger partial charge in [0.25, 0.3) is 0 Å². The molecule has 1 saturated heterocycles. The third-order valence-electron chi connectivity index (χ3n) is 8.08. The molecule has 0 unspecified atom stereocenters. The average Bonchev–Trinajstić information content (AvgIpc) is 3.14. The van der Waals surface area contributed by atoms with Crippen LogP contribution in [0, 0.1) is 24.7 Å². The third kappa shape index (κ3) is 3.07. The monoisotopic (exact) mass is 532 g/mol. The highest BCUT2D eigenvalue weighted by Crippen LogP contribution is 2.69. The summed E-state index contributed by atoms with van der Waals surface area (Å²) >= 11 is 15.0. The molecule has 3 aromatic carbocycles. The summed E-state index contributed by atoms with van der Waals surface area (Å²) in [5.74, 6) is -3.54. The first-order valence-corrected chi connectivity index (χ1v) is 13.2. The summed E-state index contributed by atoms with van der Waals surface area (Å²) in [5, 5.41) is 2.90. The van der Waals surface area contributed by atoms with Gasteiger partial charge >= 0.3 is 0 Å². The van der Waals surface area contributed by atoms with Crippen molar-refractivity contribution in [1.29, 1.82) is 0 Å². The van der Waals surface area contributed by atoms with Crippen LogP contribution in [0.2, 0.25) is 0 Å². The molecule has 0 spiro atoms. The van der Waals surface area contributed by atoms with Gasteiger partial charge in [0.2, 0.25) is 17.7 Å². The third-order valence-corrected chi connectivity index (χ3v) is 9.37. The highest BCUT2D eigenvalue weighted by atomic mass is 35.5. The molecule has 0 aromatic heterocycles. The van der Waals surface area contributed by atoms with Gasteiger partial charge in [0, 0.05) is 5.69 Å². The van der Waals surface area contributed by atoms with Crippen molar-refractivity contribution in [3.63, 3.8) is 0 Å². The van der Waals surface area contributed by atoms with Gasteiger partial charge in [-0.15, -0.1) is 23.2 Å². The van der Waals surface area contributed by atoms with E-state index in [1.165, 1.54) is 0 Å². The molecular formula is C30H26Cl2N2O3. The minimum atomic E-state index is -1.27. The molecule has 1 fully saturated rings. The summed E-state index contributed by atoms with van der Waals surface area (Å²) in [6.45, 7) is 5.58. The number of nitrogens with zero attached hydrogens (tertiary/aromatic N) is 1. The number of aryl methyl sites for hydroxylation is 1. The second-order valence-corrected chi connectivity index (χ2v) is 11.8. The predicted molar refractivity (Wildman–Crippen MR) is 143 cm³/mol. The Kier molecular flexibility index (Phi) is 5.35. The lowest BCUT2D eigenvalue weighted by atomic mass is 9.54. The van der Waals surface area contributed by atoms with Crippen LogP contribution >= 0.6 is 23.2 Å². The van der Waals surface area contributed by atoms with Crippen molar-refractivity contribution in [2.24, 2.45) is 17.8 Å². The standard InChI is InChI=1S/C30H26Cl2N2O3/c1-16(2)25(26(35)33-18-10-8-9-17(3)15-18)34-27(36)23-24(28(34)37)30(32)20-12-5-4-11-19(20)29(23,31)21-13-6-7-14-22(21)30/h4-16,23-25H,1-3H3,(H,33,35)/t23-,24-,25+,29?,30?/m1/s1. The summed E-state index contributed by atoms with van der Waals surface area (Å²) in [6, 6.07) is 21.4. The number of halogens is 2. The van der Waals surface area contributed by atoms with Crippen LogP contribution in [0.3, 0.4) is 0 Å². The zero-order valence-corrected chi connectivity index (χ0v) is 22.2. The molecule has 3 amide bonds. The van der Waals surface area contributed by atoms with E-state index >= 15 is 0 Å². The Labute approximate surface area is 225 Å². The molecule has 3 aromatic rings. The summed E-state index contributed by atoms with van der Waals surface area (Å²) in [5.41, 5.74) is 4.54. The van der Waals surface area contributed by atoms with Crippen molar-refractivity contribution in [2.75, 3.05) is 5.32 Å². The van der Waals surface area contributed by atoms with Crippen LogP contribution < -0.4 is 5.32 Å². The van der Waals surface area contributed by atoms with E-state index in [4.69, 9.17) is 23.2 Å². The lowest BCUT2D eigenvalue weighted by Gasteiger charge is -2.54. The molecule has 188 valence electrons. The van der Waals surface area contributed by atoms with E-state index in [0.717, 1.165) is 32.7 Å². The van der Waals surface area contributed by atoms with Gasteiger partial charge in [0.1, 0.15) is 15.8 Å². The van der Waals surface area contributed by atoms with Crippen molar-refractivity contribution in [3.05, 3.63) is 101 Å². The zero-order chi connectivity index (χ0) is 26.3. The molecule has 1 N–H and O–H groups in total. The van der Waals surface area contributed by atoms with Crippen LogP contribution in [0.15, 0.2) is 72.8 Å². The van der Waals surface area contributed by atoms with Gasteiger partial charge in [-0.2, -0.15) is 0 Å². The molecule has 0 radical (unpaired) electrons. The number of carbonyl (C=O) groups is 3. The number of carbonyl (C=O) groups excluding carboxylic acids is 3. The van der Waals surface area contributed by atoms with Crippen LogP contribution in [-0.4, -0.2) is 28.7 Å². The van der Waals surface area contributed by atoms with Crippen molar-refractivity contribution >= 4 is 46.6 Å². The van der Waals surface area contributed by atoms with E-state index in [2.05, 4.69) is 5.32 Å². The van der Waals surface area contributed by atoms with E-state index < -0.39 is 45.3 Å². The Balaban J connectivity index is 1.49. The van der Waals surface area contributed by atoms with Crippen molar-refractivity contribution in [3.8, 4) is 0 Å². The SMILES string of the molecule is Cc1cccc(NC(=O)[C@H](C(C)C)N2C(=O)[C@H]3[C@H](C2=O)C2(Cl)c4ccccc4C3(Cl)c3ccccc32)c1. The van der Waals surface area contributed by atoms with Crippen LogP contribution in [0.1, 0.15) is 41.7 Å². The highest BCUT2D eigenvalue weighted by Gasteiger charge is 2.73. The molecule has 37 heavy (non-hydrogen) atoms. The number of hydrogen-bond donors (Lipinski definition) is 1. The number of rotatable bonds is 4. The second-order valence-electron chi connectivity index (χ2n) is 10.6. The Bertz CT molecular complexity index is 1360. The molecule has 1 aliphatic heterocycles. The number of anilines is 1. The van der Waals surface area contributed by atoms with Crippen LogP contribution in [0.4, 0.5) is 5.69 Å². The second kappa shape index (κ2) is 8.17. The summed E-state index contributed by atoms with van der Waals surface area (Å²) in [6.07, 6.45) is 0. The van der Waals surface area contributed by atoms with Crippen LogP contribution in [-0.2, 0) is 24.1 Å². The maximum Gasteiger partial charge on any atom is 0.247 e. The molecule has 2 bridgehead atoms. The van der Waals surface area contributed by atoms with Crippen LogP contribution in [0.25, 0.3) is 0 Å². The van der Waals surface area contributed by atoms with Crippen molar-refractivity contribution < 1.29 is 14.4 Å². The zero-order valence-electron chi connectivity index (χ0n) is 20.7. The van der Waals surface area contributed by atoms with Crippen molar-refractivity contribution in [2.45, 2.75) is 36.6 Å². The minimum Gasteiger partial charge on any atom is -0.324 e. The summed E-state index contributed by atoms with van der Waals surface area (Å²) in [4.78, 5) is 40.7. The molecule has 3 atom stereocenters. The van der Waals surface area contributed by atoms with Gasteiger partial charge in [-0.3, -0.25) is 19.3 Å². The van der Waals surface area contributed by atoms with Gasteiger partial charge in [-0.1, -0.05) is 74.5 Å².